The zero-order valence-corrected chi connectivity index (χ0v) is 23.5. The Bertz CT molecular complexity index is 630. The monoisotopic (exact) mass is 487 g/mol. The van der Waals surface area contributed by atoms with Crippen LogP contribution in [0.2, 0.25) is 0 Å². The van der Waals surface area contributed by atoms with Gasteiger partial charge in [0.15, 0.2) is 0 Å². The van der Waals surface area contributed by atoms with Gasteiger partial charge in [-0.05, 0) is 66.2 Å². The highest BCUT2D eigenvalue weighted by atomic mass is 16.7. The van der Waals surface area contributed by atoms with E-state index in [9.17, 15) is 19.2 Å². The Labute approximate surface area is 207 Å². The number of hydroxylamine groups is 2. The van der Waals surface area contributed by atoms with Gasteiger partial charge >= 0.3 is 11.9 Å². The number of hydrogen-bond donors (Lipinski definition) is 0. The van der Waals surface area contributed by atoms with Crippen molar-refractivity contribution in [1.82, 2.24) is 5.06 Å². The molecular weight excluding hydrogens is 438 g/mol. The lowest BCUT2D eigenvalue weighted by Crippen LogP contribution is -2.35. The normalized spacial score (nSPS) is 13.5. The summed E-state index contributed by atoms with van der Waals surface area (Å²) in [6.07, 6.45) is 2.50. The van der Waals surface area contributed by atoms with Crippen molar-refractivity contribution < 1.29 is 33.5 Å². The van der Waals surface area contributed by atoms with Gasteiger partial charge in [0.05, 0.1) is 25.9 Å². The van der Waals surface area contributed by atoms with E-state index in [4.69, 9.17) is 14.3 Å². The second-order valence-corrected chi connectivity index (χ2v) is 11.5. The molecule has 8 heteroatoms. The first kappa shape index (κ1) is 34.2. The van der Waals surface area contributed by atoms with Crippen molar-refractivity contribution in [1.29, 1.82) is 0 Å². The molecule has 0 aromatic heterocycles. The van der Waals surface area contributed by atoms with Crippen molar-refractivity contribution in [3.8, 4) is 0 Å². The van der Waals surface area contributed by atoms with Crippen LogP contribution in [0.15, 0.2) is 0 Å². The van der Waals surface area contributed by atoms with Crippen LogP contribution in [-0.2, 0) is 33.5 Å². The third-order valence-corrected chi connectivity index (χ3v) is 4.34. The van der Waals surface area contributed by atoms with Crippen LogP contribution in [0.5, 0.6) is 0 Å². The van der Waals surface area contributed by atoms with Crippen molar-refractivity contribution >= 4 is 24.1 Å². The van der Waals surface area contributed by atoms with Gasteiger partial charge < -0.3 is 14.3 Å². The van der Waals surface area contributed by atoms with Gasteiger partial charge in [-0.2, -0.15) is 0 Å². The fourth-order valence-electron chi connectivity index (χ4n) is 3.16. The molecule has 0 aliphatic rings. The fourth-order valence-corrected chi connectivity index (χ4v) is 3.16. The van der Waals surface area contributed by atoms with Crippen LogP contribution in [0.1, 0.15) is 94.9 Å². The average Bonchev–Trinajstić information content (AvgIpc) is 2.62. The van der Waals surface area contributed by atoms with E-state index < -0.39 is 17.1 Å². The summed E-state index contributed by atoms with van der Waals surface area (Å²) < 4.78 is 10.4. The molecule has 0 saturated carbocycles. The minimum atomic E-state index is -0.532. The number of carbonyl (C=O) groups excluding carboxylic acids is 4. The molecule has 0 bridgehead atoms. The van der Waals surface area contributed by atoms with Crippen LogP contribution in [0.4, 0.5) is 0 Å². The summed E-state index contributed by atoms with van der Waals surface area (Å²) in [5.74, 6) is -0.706. The van der Waals surface area contributed by atoms with Gasteiger partial charge in [-0.3, -0.25) is 19.2 Å². The molecule has 2 atom stereocenters. The van der Waals surface area contributed by atoms with E-state index in [1.165, 1.54) is 7.11 Å². The number of amides is 1. The summed E-state index contributed by atoms with van der Waals surface area (Å²) in [5, 5.41) is 1.16. The topological polar surface area (TPSA) is 99.2 Å². The Hall–Kier alpha value is -1.96. The molecule has 0 unspecified atom stereocenters. The fraction of sp³-hybridized carbons (Fsp3) is 0.846. The summed E-state index contributed by atoms with van der Waals surface area (Å²) >= 11 is 0. The largest absolute Gasteiger partial charge is 0.460 e. The van der Waals surface area contributed by atoms with E-state index in [1.807, 2.05) is 69.2 Å². The molecule has 0 radical (unpaired) electrons. The second kappa shape index (κ2) is 15.8. The Balaban J connectivity index is 0. The van der Waals surface area contributed by atoms with Crippen LogP contribution >= 0.6 is 0 Å². The van der Waals surface area contributed by atoms with Crippen LogP contribution in [-0.4, -0.2) is 54.6 Å². The molecule has 1 amide bonds. The molecule has 200 valence electrons. The molecule has 0 heterocycles. The Kier molecular flexibility index (Phi) is 15.9. The van der Waals surface area contributed by atoms with Crippen LogP contribution < -0.4 is 0 Å². The molecule has 0 fully saturated rings. The summed E-state index contributed by atoms with van der Waals surface area (Å²) in [7, 11) is 2.97. The molecule has 0 aromatic rings. The molecule has 0 N–H and O–H groups in total. The van der Waals surface area contributed by atoms with Gasteiger partial charge in [-0.1, -0.05) is 27.7 Å². The van der Waals surface area contributed by atoms with Gasteiger partial charge in [-0.15, -0.1) is 0 Å². The predicted molar refractivity (Wildman–Crippen MR) is 133 cm³/mol. The summed E-state index contributed by atoms with van der Waals surface area (Å²) in [4.78, 5) is 51.0. The van der Waals surface area contributed by atoms with Gasteiger partial charge in [0.25, 0.3) is 0 Å². The first-order chi connectivity index (χ1) is 15.3. The molecule has 8 nitrogen and oxygen atoms in total. The highest BCUT2D eigenvalue weighted by molar-refractivity contribution is 5.83. The predicted octanol–water partition coefficient (Wildman–Crippen LogP) is 4.98. The lowest BCUT2D eigenvalue weighted by atomic mass is 9.93. The minimum absolute atomic E-state index is 0.0853. The minimum Gasteiger partial charge on any atom is -0.460 e. The van der Waals surface area contributed by atoms with Gasteiger partial charge in [0.1, 0.15) is 17.5 Å². The number of ether oxygens (including phenoxy) is 2. The zero-order chi connectivity index (χ0) is 27.3. The van der Waals surface area contributed by atoms with Crippen molar-refractivity contribution in [3.05, 3.63) is 0 Å². The smallest absolute Gasteiger partial charge is 0.307 e. The zero-order valence-electron chi connectivity index (χ0n) is 23.5. The lowest BCUT2D eigenvalue weighted by molar-refractivity contribution is -0.177. The summed E-state index contributed by atoms with van der Waals surface area (Å²) in [6, 6.07) is 0. The Morgan fingerprint density at radius 1 is 0.794 bits per heavy atom. The number of nitrogens with zero attached hydrogens (tertiary/aromatic N) is 1. The second-order valence-electron chi connectivity index (χ2n) is 11.5. The molecule has 0 rings (SSSR count). The lowest BCUT2D eigenvalue weighted by Gasteiger charge is -2.25. The van der Waals surface area contributed by atoms with Crippen molar-refractivity contribution in [2.45, 2.75) is 106 Å². The molecule has 34 heavy (non-hydrogen) atoms. The maximum absolute atomic E-state index is 12.1. The first-order valence-corrected chi connectivity index (χ1v) is 12.0. The van der Waals surface area contributed by atoms with Gasteiger partial charge in [0, 0.05) is 13.0 Å². The van der Waals surface area contributed by atoms with Crippen LogP contribution in [0, 0.1) is 23.7 Å². The van der Waals surface area contributed by atoms with Crippen LogP contribution in [0.3, 0.4) is 0 Å². The molecule has 0 spiro atoms. The number of rotatable bonds is 11. The van der Waals surface area contributed by atoms with E-state index in [-0.39, 0.29) is 36.6 Å². The Morgan fingerprint density at radius 2 is 1.21 bits per heavy atom. The van der Waals surface area contributed by atoms with E-state index >= 15 is 0 Å². The quantitative estimate of drug-likeness (QED) is 0.230. The number of hydrogen-bond acceptors (Lipinski definition) is 7. The van der Waals surface area contributed by atoms with Crippen molar-refractivity contribution in [3.63, 3.8) is 0 Å². The van der Waals surface area contributed by atoms with E-state index in [0.29, 0.717) is 18.3 Å². The standard InChI is InChI=1S/C14H27NO4.C12H22O3/c1-10(2)8-11(13(17)15(6)18-7)9-12(16)19-14(3,4)5;1-9(2)6-10(8-13)7-11(14)15-12(3,4)5/h10-11H,8-9H2,1-7H3;8-10H,6-7H2,1-5H3/t11-;10-/m11/s1. The van der Waals surface area contributed by atoms with Crippen molar-refractivity contribution in [2.24, 2.45) is 23.7 Å². The molecule has 0 aliphatic carbocycles. The average molecular weight is 488 g/mol. The van der Waals surface area contributed by atoms with E-state index in [2.05, 4.69) is 0 Å². The highest BCUT2D eigenvalue weighted by Gasteiger charge is 2.28. The van der Waals surface area contributed by atoms with E-state index in [1.54, 1.807) is 7.05 Å². The molecule has 0 saturated heterocycles. The summed E-state index contributed by atoms with van der Waals surface area (Å²) in [5.41, 5.74) is -1.00. The highest BCUT2D eigenvalue weighted by Crippen LogP contribution is 2.20. The molecular formula is C26H49NO7. The van der Waals surface area contributed by atoms with Crippen molar-refractivity contribution in [2.75, 3.05) is 14.2 Å². The third-order valence-electron chi connectivity index (χ3n) is 4.34. The van der Waals surface area contributed by atoms with E-state index in [0.717, 1.165) is 17.8 Å². The number of aldehydes is 1. The SMILES string of the molecule is CC(C)C[C@@H](C=O)CC(=O)OC(C)(C)C.CON(C)C(=O)[C@@H](CC(=O)OC(C)(C)C)CC(C)C. The maximum atomic E-state index is 12.1. The van der Waals surface area contributed by atoms with Crippen LogP contribution in [0.25, 0.3) is 0 Å². The number of carbonyl (C=O) groups is 4. The molecule has 0 aromatic carbocycles. The van der Waals surface area contributed by atoms with Gasteiger partial charge in [-0.25, -0.2) is 5.06 Å². The van der Waals surface area contributed by atoms with Gasteiger partial charge in [0.2, 0.25) is 5.91 Å². The maximum Gasteiger partial charge on any atom is 0.307 e. The third kappa shape index (κ3) is 19.5. The molecule has 0 aliphatic heterocycles. The number of esters is 2. The summed E-state index contributed by atoms with van der Waals surface area (Å²) in [6.45, 7) is 19.0. The first-order valence-electron chi connectivity index (χ1n) is 12.0. The Morgan fingerprint density at radius 3 is 1.53 bits per heavy atom.